The van der Waals surface area contributed by atoms with E-state index in [0.29, 0.717) is 10.0 Å². The van der Waals surface area contributed by atoms with Crippen molar-refractivity contribution in [3.8, 4) is 0 Å². The van der Waals surface area contributed by atoms with E-state index >= 15 is 0 Å². The number of aryl methyl sites for hydroxylation is 4. The van der Waals surface area contributed by atoms with E-state index < -0.39 is 0 Å². The van der Waals surface area contributed by atoms with Crippen LogP contribution in [-0.2, 0) is 0 Å². The SMILES string of the molecule is Cc1cc(C)c2c(C)c(C(=O)Nc3nnc(C)s3)sc2n1. The van der Waals surface area contributed by atoms with Crippen molar-refractivity contribution >= 4 is 43.9 Å². The molecule has 3 heterocycles. The number of carbonyl (C=O) groups excluding carboxylic acids is 1. The summed E-state index contributed by atoms with van der Waals surface area (Å²) in [6.45, 7) is 7.83. The average molecular weight is 318 g/mol. The lowest BCUT2D eigenvalue weighted by Crippen LogP contribution is -2.11. The van der Waals surface area contributed by atoms with Crippen LogP contribution >= 0.6 is 22.7 Å². The Morgan fingerprint density at radius 1 is 1.14 bits per heavy atom. The highest BCUT2D eigenvalue weighted by Gasteiger charge is 2.19. The zero-order valence-electron chi connectivity index (χ0n) is 12.1. The van der Waals surface area contributed by atoms with Crippen molar-refractivity contribution in [3.05, 3.63) is 32.8 Å². The second kappa shape index (κ2) is 5.16. The molecule has 0 aliphatic carbocycles. The number of hydrogen-bond acceptors (Lipinski definition) is 6. The van der Waals surface area contributed by atoms with Gasteiger partial charge in [0.2, 0.25) is 5.13 Å². The summed E-state index contributed by atoms with van der Waals surface area (Å²) >= 11 is 2.78. The Hall–Kier alpha value is -1.86. The van der Waals surface area contributed by atoms with Crippen LogP contribution in [0.4, 0.5) is 5.13 Å². The van der Waals surface area contributed by atoms with Gasteiger partial charge in [-0.05, 0) is 44.9 Å². The molecule has 21 heavy (non-hydrogen) atoms. The van der Waals surface area contributed by atoms with Crippen molar-refractivity contribution in [2.75, 3.05) is 5.32 Å². The summed E-state index contributed by atoms with van der Waals surface area (Å²) in [6.07, 6.45) is 0. The zero-order chi connectivity index (χ0) is 15.1. The fourth-order valence-corrected chi connectivity index (χ4v) is 4.12. The number of fused-ring (bicyclic) bond motifs is 1. The fraction of sp³-hybridized carbons (Fsp3) is 0.286. The number of thiophene rings is 1. The number of hydrogen-bond donors (Lipinski definition) is 1. The zero-order valence-corrected chi connectivity index (χ0v) is 13.8. The van der Waals surface area contributed by atoms with Gasteiger partial charge in [-0.2, -0.15) is 0 Å². The maximum Gasteiger partial charge on any atom is 0.267 e. The minimum Gasteiger partial charge on any atom is -0.296 e. The third-order valence-electron chi connectivity index (χ3n) is 3.18. The van der Waals surface area contributed by atoms with Crippen LogP contribution in [-0.4, -0.2) is 21.1 Å². The van der Waals surface area contributed by atoms with Gasteiger partial charge in [0.1, 0.15) is 9.84 Å². The molecule has 0 unspecified atom stereocenters. The number of nitrogens with zero attached hydrogens (tertiary/aromatic N) is 3. The minimum atomic E-state index is -0.149. The molecule has 3 aromatic rings. The Bertz CT molecular complexity index is 850. The predicted octanol–water partition coefficient (Wildman–Crippen LogP) is 3.63. The second-order valence-corrected chi connectivity index (χ2v) is 7.08. The van der Waals surface area contributed by atoms with Gasteiger partial charge >= 0.3 is 0 Å². The predicted molar refractivity (Wildman–Crippen MR) is 86.4 cm³/mol. The molecule has 7 heteroatoms. The van der Waals surface area contributed by atoms with Gasteiger partial charge in [0, 0.05) is 11.1 Å². The van der Waals surface area contributed by atoms with E-state index in [1.807, 2.05) is 33.8 Å². The van der Waals surface area contributed by atoms with Gasteiger partial charge in [-0.25, -0.2) is 4.98 Å². The first-order chi connectivity index (χ1) is 9.95. The Labute approximate surface area is 130 Å². The molecule has 0 aliphatic heterocycles. The van der Waals surface area contributed by atoms with E-state index in [9.17, 15) is 4.79 Å². The largest absolute Gasteiger partial charge is 0.296 e. The molecule has 0 aliphatic rings. The topological polar surface area (TPSA) is 67.8 Å². The number of rotatable bonds is 2. The lowest BCUT2D eigenvalue weighted by Gasteiger charge is -2.01. The van der Waals surface area contributed by atoms with Crippen LogP contribution < -0.4 is 5.32 Å². The van der Waals surface area contributed by atoms with E-state index in [1.165, 1.54) is 22.7 Å². The molecule has 0 aromatic carbocycles. The van der Waals surface area contributed by atoms with Crippen LogP contribution in [0.5, 0.6) is 0 Å². The van der Waals surface area contributed by atoms with Gasteiger partial charge in [0.25, 0.3) is 5.91 Å². The molecule has 3 aromatic heterocycles. The summed E-state index contributed by atoms with van der Waals surface area (Å²) in [5.41, 5.74) is 3.09. The van der Waals surface area contributed by atoms with Crippen molar-refractivity contribution in [2.24, 2.45) is 0 Å². The van der Waals surface area contributed by atoms with Gasteiger partial charge in [-0.3, -0.25) is 10.1 Å². The first-order valence-corrected chi connectivity index (χ1v) is 8.08. The summed E-state index contributed by atoms with van der Waals surface area (Å²) in [6, 6.07) is 2.04. The number of carbonyl (C=O) groups is 1. The lowest BCUT2D eigenvalue weighted by atomic mass is 10.1. The number of anilines is 1. The molecule has 0 bridgehead atoms. The highest BCUT2D eigenvalue weighted by molar-refractivity contribution is 7.21. The molecule has 1 N–H and O–H groups in total. The first-order valence-electron chi connectivity index (χ1n) is 6.44. The van der Waals surface area contributed by atoms with Crippen LogP contribution in [0.15, 0.2) is 6.07 Å². The van der Waals surface area contributed by atoms with Crippen LogP contribution in [0.1, 0.15) is 31.5 Å². The number of aromatic nitrogens is 3. The van der Waals surface area contributed by atoms with Crippen LogP contribution in [0.3, 0.4) is 0 Å². The Morgan fingerprint density at radius 3 is 2.57 bits per heavy atom. The van der Waals surface area contributed by atoms with Gasteiger partial charge in [-0.15, -0.1) is 21.5 Å². The van der Waals surface area contributed by atoms with E-state index in [-0.39, 0.29) is 5.91 Å². The molecule has 1 amide bonds. The molecule has 0 radical (unpaired) electrons. The van der Waals surface area contributed by atoms with E-state index in [0.717, 1.165) is 32.0 Å². The van der Waals surface area contributed by atoms with Gasteiger partial charge in [-0.1, -0.05) is 11.3 Å². The normalized spacial score (nSPS) is 11.0. The van der Waals surface area contributed by atoms with E-state index in [2.05, 4.69) is 20.5 Å². The highest BCUT2D eigenvalue weighted by atomic mass is 32.1. The van der Waals surface area contributed by atoms with Crippen molar-refractivity contribution in [1.29, 1.82) is 0 Å². The maximum atomic E-state index is 12.4. The Morgan fingerprint density at radius 2 is 1.90 bits per heavy atom. The average Bonchev–Trinajstić information content (AvgIpc) is 2.93. The lowest BCUT2D eigenvalue weighted by molar-refractivity contribution is 0.103. The molecular weight excluding hydrogens is 304 g/mol. The number of nitrogens with one attached hydrogen (secondary N) is 1. The van der Waals surface area contributed by atoms with Crippen molar-refractivity contribution < 1.29 is 4.79 Å². The third kappa shape index (κ3) is 2.54. The van der Waals surface area contributed by atoms with Crippen molar-refractivity contribution in [2.45, 2.75) is 27.7 Å². The van der Waals surface area contributed by atoms with Gasteiger partial charge < -0.3 is 0 Å². The maximum absolute atomic E-state index is 12.4. The van der Waals surface area contributed by atoms with Crippen LogP contribution in [0, 0.1) is 27.7 Å². The fourth-order valence-electron chi connectivity index (χ4n) is 2.34. The highest BCUT2D eigenvalue weighted by Crippen LogP contribution is 2.32. The summed E-state index contributed by atoms with van der Waals surface area (Å²) in [5, 5.41) is 13.0. The van der Waals surface area contributed by atoms with Crippen LogP contribution in [0.25, 0.3) is 10.2 Å². The molecular formula is C14H14N4OS2. The monoisotopic (exact) mass is 318 g/mol. The van der Waals surface area contributed by atoms with Crippen molar-refractivity contribution in [1.82, 2.24) is 15.2 Å². The number of pyridine rings is 1. The quantitative estimate of drug-likeness (QED) is 0.783. The third-order valence-corrected chi connectivity index (χ3v) is 5.12. The van der Waals surface area contributed by atoms with Gasteiger partial charge in [0.15, 0.2) is 0 Å². The summed E-state index contributed by atoms with van der Waals surface area (Å²) in [4.78, 5) is 18.5. The standard InChI is InChI=1S/C14H14N4OS2/c1-6-5-7(2)15-13-10(6)8(3)11(21-13)12(19)16-14-18-17-9(4)20-14/h5H,1-4H3,(H,16,18,19). The first kappa shape index (κ1) is 14.1. The molecule has 0 saturated carbocycles. The number of amides is 1. The van der Waals surface area contributed by atoms with E-state index in [4.69, 9.17) is 0 Å². The smallest absolute Gasteiger partial charge is 0.267 e. The molecule has 3 rings (SSSR count). The molecule has 0 saturated heterocycles. The van der Waals surface area contributed by atoms with Crippen LogP contribution in [0.2, 0.25) is 0 Å². The van der Waals surface area contributed by atoms with E-state index in [1.54, 1.807) is 0 Å². The second-order valence-electron chi connectivity index (χ2n) is 4.90. The molecule has 0 spiro atoms. The Kier molecular flexibility index (Phi) is 3.46. The minimum absolute atomic E-state index is 0.149. The molecule has 0 atom stereocenters. The van der Waals surface area contributed by atoms with Gasteiger partial charge in [0.05, 0.1) is 4.88 Å². The Balaban J connectivity index is 2.02. The molecule has 0 fully saturated rings. The summed E-state index contributed by atoms with van der Waals surface area (Å²) in [7, 11) is 0. The van der Waals surface area contributed by atoms with Crippen molar-refractivity contribution in [3.63, 3.8) is 0 Å². The summed E-state index contributed by atoms with van der Waals surface area (Å²) in [5.74, 6) is -0.149. The molecule has 108 valence electrons. The molecule has 5 nitrogen and oxygen atoms in total. The summed E-state index contributed by atoms with van der Waals surface area (Å²) < 4.78 is 0.